The first-order valence-electron chi connectivity index (χ1n) is 7.82. The average Bonchev–Trinajstić information content (AvgIpc) is 3.38. The van der Waals surface area contributed by atoms with Crippen LogP contribution in [0.5, 0.6) is 0 Å². The molecular formula is C15H16N8O3. The van der Waals surface area contributed by atoms with Crippen LogP contribution in [0.15, 0.2) is 30.9 Å². The molecule has 1 aliphatic heterocycles. The quantitative estimate of drug-likeness (QED) is 0.525. The van der Waals surface area contributed by atoms with E-state index in [1.165, 1.54) is 24.1 Å². The lowest BCUT2D eigenvalue weighted by Gasteiger charge is -2.14. The highest BCUT2D eigenvalue weighted by molar-refractivity contribution is 5.93. The van der Waals surface area contributed by atoms with Gasteiger partial charge in [-0.05, 0) is 6.08 Å². The molecule has 134 valence electrons. The van der Waals surface area contributed by atoms with Crippen molar-refractivity contribution in [1.82, 2.24) is 34.6 Å². The fourth-order valence-corrected chi connectivity index (χ4v) is 2.66. The van der Waals surface area contributed by atoms with Gasteiger partial charge in [0.05, 0.1) is 24.7 Å². The maximum atomic E-state index is 11.7. The molecule has 4 heterocycles. The minimum atomic E-state index is -0.460. The second kappa shape index (κ2) is 6.20. The normalized spacial score (nSPS) is 19.3. The molecule has 0 saturated carbocycles. The van der Waals surface area contributed by atoms with Gasteiger partial charge in [-0.15, -0.1) is 0 Å². The number of carbonyl (C=O) groups excluding carboxylic acids is 1. The van der Waals surface area contributed by atoms with Crippen molar-refractivity contribution in [2.75, 3.05) is 19.4 Å². The van der Waals surface area contributed by atoms with E-state index in [1.807, 2.05) is 0 Å². The summed E-state index contributed by atoms with van der Waals surface area (Å²) in [5.41, 5.74) is 7.26. The summed E-state index contributed by atoms with van der Waals surface area (Å²) in [6, 6.07) is 0. The van der Waals surface area contributed by atoms with Gasteiger partial charge in [0.15, 0.2) is 17.7 Å². The van der Waals surface area contributed by atoms with Crippen LogP contribution >= 0.6 is 0 Å². The molecule has 0 unspecified atom stereocenters. The van der Waals surface area contributed by atoms with Crippen molar-refractivity contribution < 1.29 is 14.6 Å². The molecule has 4 rings (SSSR count). The van der Waals surface area contributed by atoms with Crippen LogP contribution in [0.4, 0.5) is 5.82 Å². The topological polar surface area (TPSA) is 146 Å². The van der Waals surface area contributed by atoms with Crippen molar-refractivity contribution in [2.45, 2.75) is 12.3 Å². The monoisotopic (exact) mass is 356 g/mol. The van der Waals surface area contributed by atoms with E-state index < -0.39 is 6.23 Å². The first-order valence-corrected chi connectivity index (χ1v) is 7.82. The molecule has 2 atom stereocenters. The van der Waals surface area contributed by atoms with Crippen molar-refractivity contribution in [1.29, 1.82) is 0 Å². The molecule has 1 amide bonds. The number of nitrogens with zero attached hydrogens (tertiary/aromatic N) is 6. The molecule has 0 radical (unpaired) electrons. The Morgan fingerprint density at radius 3 is 3.00 bits per heavy atom. The van der Waals surface area contributed by atoms with E-state index in [2.05, 4.69) is 25.4 Å². The number of ether oxygens (including phenoxy) is 1. The average molecular weight is 356 g/mol. The number of aliphatic hydroxyl groups excluding tert-OH is 1. The number of fused-ring (bicyclic) bond motifs is 1. The fraction of sp³-hybridized carbons (Fsp3) is 0.267. The highest BCUT2D eigenvalue weighted by Crippen LogP contribution is 2.26. The van der Waals surface area contributed by atoms with Gasteiger partial charge in [0.1, 0.15) is 11.6 Å². The SMILES string of the molecule is CNC(=O)c1cnn(-c2nc(N)c3ncn([C@H]4C=C[C@@H](CO)O4)c3n2)c1. The van der Waals surface area contributed by atoms with Gasteiger partial charge >= 0.3 is 0 Å². The number of aliphatic hydroxyl groups is 1. The first kappa shape index (κ1) is 16.2. The molecule has 0 bridgehead atoms. The molecule has 11 nitrogen and oxygen atoms in total. The van der Waals surface area contributed by atoms with Crippen LogP contribution in [-0.2, 0) is 4.74 Å². The molecule has 0 aromatic carbocycles. The third-order valence-electron chi connectivity index (χ3n) is 3.97. The van der Waals surface area contributed by atoms with Gasteiger partial charge < -0.3 is 20.9 Å². The highest BCUT2D eigenvalue weighted by atomic mass is 16.5. The van der Waals surface area contributed by atoms with Crippen molar-refractivity contribution in [3.05, 3.63) is 36.4 Å². The molecule has 4 N–H and O–H groups in total. The number of aromatic nitrogens is 6. The predicted octanol–water partition coefficient (Wildman–Crippen LogP) is -0.600. The van der Waals surface area contributed by atoms with E-state index in [4.69, 9.17) is 10.5 Å². The zero-order valence-electron chi connectivity index (χ0n) is 13.8. The molecule has 11 heteroatoms. The van der Waals surface area contributed by atoms with Crippen LogP contribution < -0.4 is 11.1 Å². The number of nitrogen functional groups attached to an aromatic ring is 1. The highest BCUT2D eigenvalue weighted by Gasteiger charge is 2.23. The van der Waals surface area contributed by atoms with E-state index in [0.29, 0.717) is 16.7 Å². The number of rotatable bonds is 4. The summed E-state index contributed by atoms with van der Waals surface area (Å²) in [6.45, 7) is -0.114. The van der Waals surface area contributed by atoms with E-state index in [1.54, 1.807) is 23.0 Å². The minimum absolute atomic E-state index is 0.114. The van der Waals surface area contributed by atoms with Crippen molar-refractivity contribution >= 4 is 22.9 Å². The van der Waals surface area contributed by atoms with E-state index in [9.17, 15) is 9.90 Å². The lowest BCUT2D eigenvalue weighted by molar-refractivity contribution is -0.00639. The van der Waals surface area contributed by atoms with Crippen LogP contribution in [0.2, 0.25) is 0 Å². The van der Waals surface area contributed by atoms with Gasteiger partial charge in [0.25, 0.3) is 11.9 Å². The Balaban J connectivity index is 1.76. The van der Waals surface area contributed by atoms with E-state index >= 15 is 0 Å². The number of anilines is 1. The summed E-state index contributed by atoms with van der Waals surface area (Å²) >= 11 is 0. The lowest BCUT2D eigenvalue weighted by atomic mass is 10.3. The summed E-state index contributed by atoms with van der Waals surface area (Å²) in [6.07, 6.45) is 7.20. The molecule has 3 aromatic rings. The Labute approximate surface area is 147 Å². The smallest absolute Gasteiger partial charge is 0.254 e. The Morgan fingerprint density at radius 1 is 1.42 bits per heavy atom. The maximum Gasteiger partial charge on any atom is 0.254 e. The number of nitrogens with two attached hydrogens (primary N) is 1. The third-order valence-corrected chi connectivity index (χ3v) is 3.97. The molecule has 0 fully saturated rings. The maximum absolute atomic E-state index is 11.7. The van der Waals surface area contributed by atoms with Crippen LogP contribution in [0, 0.1) is 0 Å². The molecule has 0 spiro atoms. The molecule has 26 heavy (non-hydrogen) atoms. The fourth-order valence-electron chi connectivity index (χ4n) is 2.66. The number of imidazole rings is 1. The van der Waals surface area contributed by atoms with Gasteiger partial charge in [-0.2, -0.15) is 15.1 Å². The largest absolute Gasteiger partial charge is 0.393 e. The summed E-state index contributed by atoms with van der Waals surface area (Å²) in [5, 5.41) is 15.8. The summed E-state index contributed by atoms with van der Waals surface area (Å²) in [7, 11) is 1.54. The number of nitrogens with one attached hydrogen (secondary N) is 1. The Morgan fingerprint density at radius 2 is 2.27 bits per heavy atom. The third kappa shape index (κ3) is 2.59. The van der Waals surface area contributed by atoms with Gasteiger partial charge in [-0.25, -0.2) is 9.67 Å². The molecule has 0 aliphatic carbocycles. The summed E-state index contributed by atoms with van der Waals surface area (Å²) in [5.74, 6) is 0.115. The molecule has 1 aliphatic rings. The van der Waals surface area contributed by atoms with Crippen molar-refractivity contribution in [2.24, 2.45) is 0 Å². The first-order chi connectivity index (χ1) is 12.6. The van der Waals surface area contributed by atoms with Crippen LogP contribution in [0.25, 0.3) is 17.1 Å². The van der Waals surface area contributed by atoms with Gasteiger partial charge in [0, 0.05) is 13.2 Å². The number of carbonyl (C=O) groups is 1. The summed E-state index contributed by atoms with van der Waals surface area (Å²) < 4.78 is 8.73. The van der Waals surface area contributed by atoms with E-state index in [0.717, 1.165) is 0 Å². The molecule has 3 aromatic heterocycles. The Hall–Kier alpha value is -3.31. The molecular weight excluding hydrogens is 340 g/mol. The van der Waals surface area contributed by atoms with Gasteiger partial charge in [-0.1, -0.05) is 6.08 Å². The zero-order valence-corrected chi connectivity index (χ0v) is 13.8. The molecule has 0 saturated heterocycles. The number of amides is 1. The van der Waals surface area contributed by atoms with Crippen molar-refractivity contribution in [3.8, 4) is 5.95 Å². The number of hydrogen-bond donors (Lipinski definition) is 3. The Bertz CT molecular complexity index is 1010. The zero-order chi connectivity index (χ0) is 18.3. The van der Waals surface area contributed by atoms with Crippen LogP contribution in [0.3, 0.4) is 0 Å². The number of hydrogen-bond acceptors (Lipinski definition) is 8. The van der Waals surface area contributed by atoms with Crippen LogP contribution in [0.1, 0.15) is 16.6 Å². The lowest BCUT2D eigenvalue weighted by Crippen LogP contribution is -2.17. The summed E-state index contributed by atoms with van der Waals surface area (Å²) in [4.78, 5) is 24.6. The van der Waals surface area contributed by atoms with Crippen LogP contribution in [-0.4, -0.2) is 60.1 Å². The standard InChI is InChI=1S/C15H16N8O3/c1-17-14(25)8-4-19-23(5-8)15-20-12(16)11-13(21-15)22(7-18-11)10-3-2-9(6-24)26-10/h2-5,7,9-10,24H,6H2,1H3,(H,17,25)(H2,16,20,21)/t9-,10+/m0/s1. The Kier molecular flexibility index (Phi) is 3.86. The van der Waals surface area contributed by atoms with E-state index in [-0.39, 0.29) is 30.4 Å². The predicted molar refractivity (Wildman–Crippen MR) is 90.4 cm³/mol. The van der Waals surface area contributed by atoms with Gasteiger partial charge in [0.2, 0.25) is 0 Å². The van der Waals surface area contributed by atoms with Gasteiger partial charge in [-0.3, -0.25) is 9.36 Å². The second-order valence-corrected chi connectivity index (χ2v) is 5.62. The second-order valence-electron chi connectivity index (χ2n) is 5.62. The van der Waals surface area contributed by atoms with Crippen molar-refractivity contribution in [3.63, 3.8) is 0 Å². The minimum Gasteiger partial charge on any atom is -0.393 e.